The van der Waals surface area contributed by atoms with Crippen molar-refractivity contribution in [3.8, 4) is 5.75 Å². The molecule has 0 N–H and O–H groups in total. The van der Waals surface area contributed by atoms with Gasteiger partial charge in [-0.3, -0.25) is 0 Å². The highest BCUT2D eigenvalue weighted by molar-refractivity contribution is 5.30. The van der Waals surface area contributed by atoms with Crippen molar-refractivity contribution >= 4 is 0 Å². The van der Waals surface area contributed by atoms with Gasteiger partial charge in [0.25, 0.3) is 0 Å². The molecular formula is C18H26F2O. The minimum atomic E-state index is -0.866. The maximum absolute atomic E-state index is 13.5. The van der Waals surface area contributed by atoms with Gasteiger partial charge in [0.15, 0.2) is 11.6 Å². The molecule has 0 atom stereocenters. The Morgan fingerprint density at radius 3 is 2.33 bits per heavy atom. The first-order chi connectivity index (χ1) is 10.2. The molecule has 1 aromatic rings. The first-order valence-electron chi connectivity index (χ1n) is 8.26. The molecule has 0 unspecified atom stereocenters. The van der Waals surface area contributed by atoms with Crippen molar-refractivity contribution in [2.45, 2.75) is 64.7 Å². The molecule has 0 amide bonds. The Balaban J connectivity index is 1.50. The van der Waals surface area contributed by atoms with Crippen LogP contribution in [0.4, 0.5) is 8.78 Å². The minimum Gasteiger partial charge on any atom is -0.490 e. The van der Waals surface area contributed by atoms with E-state index in [4.69, 9.17) is 4.74 Å². The Kier molecular flexibility index (Phi) is 6.47. The van der Waals surface area contributed by atoms with E-state index in [0.717, 1.165) is 18.8 Å². The standard InChI is InChI=1S/C18H26F2O/c1-14-9-12-16(18(20)17(14)19)21-13-7-5-3-2-4-6-8-15-10-11-15/h9,12,15H,2-8,10-11,13H2,1H3. The Bertz CT molecular complexity index is 441. The average Bonchev–Trinajstić information content (AvgIpc) is 3.29. The predicted octanol–water partition coefficient (Wildman–Crippen LogP) is 5.79. The van der Waals surface area contributed by atoms with Crippen LogP contribution < -0.4 is 4.74 Å². The van der Waals surface area contributed by atoms with Gasteiger partial charge in [-0.05, 0) is 30.9 Å². The summed E-state index contributed by atoms with van der Waals surface area (Å²) in [4.78, 5) is 0. The van der Waals surface area contributed by atoms with Crippen molar-refractivity contribution < 1.29 is 13.5 Å². The third kappa shape index (κ3) is 5.64. The molecule has 0 heterocycles. The summed E-state index contributed by atoms with van der Waals surface area (Å²) in [5.74, 6) is -0.594. The molecule has 2 rings (SSSR count). The van der Waals surface area contributed by atoms with E-state index in [1.807, 2.05) is 0 Å². The lowest BCUT2D eigenvalue weighted by Gasteiger charge is -2.08. The smallest absolute Gasteiger partial charge is 0.200 e. The molecule has 1 aliphatic rings. The first kappa shape index (κ1) is 16.3. The van der Waals surface area contributed by atoms with Gasteiger partial charge in [-0.1, -0.05) is 57.4 Å². The van der Waals surface area contributed by atoms with Gasteiger partial charge in [-0.25, -0.2) is 4.39 Å². The summed E-state index contributed by atoms with van der Waals surface area (Å²) >= 11 is 0. The molecule has 1 aliphatic carbocycles. The Hall–Kier alpha value is -1.12. The molecule has 0 aliphatic heterocycles. The van der Waals surface area contributed by atoms with Crippen LogP contribution in [-0.2, 0) is 0 Å². The van der Waals surface area contributed by atoms with Crippen molar-refractivity contribution in [2.24, 2.45) is 5.92 Å². The second kappa shape index (κ2) is 8.35. The van der Waals surface area contributed by atoms with Gasteiger partial charge < -0.3 is 4.74 Å². The number of hydrogen-bond acceptors (Lipinski definition) is 1. The molecule has 0 spiro atoms. The van der Waals surface area contributed by atoms with Crippen LogP contribution in [0, 0.1) is 24.5 Å². The Morgan fingerprint density at radius 1 is 0.952 bits per heavy atom. The van der Waals surface area contributed by atoms with Gasteiger partial charge >= 0.3 is 0 Å². The van der Waals surface area contributed by atoms with E-state index in [1.54, 1.807) is 13.0 Å². The van der Waals surface area contributed by atoms with E-state index in [0.29, 0.717) is 12.2 Å². The molecule has 3 heteroatoms. The normalized spacial score (nSPS) is 14.4. The summed E-state index contributed by atoms with van der Waals surface area (Å²) in [6.07, 6.45) is 11.5. The average molecular weight is 296 g/mol. The summed E-state index contributed by atoms with van der Waals surface area (Å²) in [6.45, 7) is 2.01. The zero-order valence-electron chi connectivity index (χ0n) is 13.0. The Morgan fingerprint density at radius 2 is 1.62 bits per heavy atom. The molecule has 0 saturated heterocycles. The molecule has 1 saturated carbocycles. The van der Waals surface area contributed by atoms with E-state index >= 15 is 0 Å². The molecule has 0 radical (unpaired) electrons. The summed E-state index contributed by atoms with van der Waals surface area (Å²) < 4.78 is 32.2. The summed E-state index contributed by atoms with van der Waals surface area (Å²) in [5.41, 5.74) is 0.311. The quantitative estimate of drug-likeness (QED) is 0.496. The van der Waals surface area contributed by atoms with E-state index in [1.165, 1.54) is 51.0 Å². The lowest BCUT2D eigenvalue weighted by Crippen LogP contribution is -2.01. The number of halogens is 2. The van der Waals surface area contributed by atoms with Crippen LogP contribution in [-0.4, -0.2) is 6.61 Å². The summed E-state index contributed by atoms with van der Waals surface area (Å²) in [7, 11) is 0. The highest BCUT2D eigenvalue weighted by Gasteiger charge is 2.19. The molecule has 1 aromatic carbocycles. The number of benzene rings is 1. The maximum atomic E-state index is 13.5. The van der Waals surface area contributed by atoms with Gasteiger partial charge in [-0.2, -0.15) is 4.39 Å². The van der Waals surface area contributed by atoms with Crippen LogP contribution in [0.15, 0.2) is 12.1 Å². The molecule has 0 aromatic heterocycles. The van der Waals surface area contributed by atoms with Crippen molar-refractivity contribution in [1.82, 2.24) is 0 Å². The zero-order valence-corrected chi connectivity index (χ0v) is 13.0. The van der Waals surface area contributed by atoms with Crippen molar-refractivity contribution in [1.29, 1.82) is 0 Å². The van der Waals surface area contributed by atoms with E-state index in [9.17, 15) is 8.78 Å². The topological polar surface area (TPSA) is 9.23 Å². The third-order valence-electron chi connectivity index (χ3n) is 4.20. The second-order valence-corrected chi connectivity index (χ2v) is 6.21. The molecule has 0 bridgehead atoms. The van der Waals surface area contributed by atoms with Crippen LogP contribution in [0.1, 0.15) is 63.4 Å². The fourth-order valence-corrected chi connectivity index (χ4v) is 2.57. The van der Waals surface area contributed by atoms with Gasteiger partial charge in [-0.15, -0.1) is 0 Å². The maximum Gasteiger partial charge on any atom is 0.200 e. The van der Waals surface area contributed by atoms with Gasteiger partial charge in [0.05, 0.1) is 6.61 Å². The number of rotatable bonds is 10. The van der Waals surface area contributed by atoms with E-state index in [2.05, 4.69) is 0 Å². The van der Waals surface area contributed by atoms with Gasteiger partial charge in [0, 0.05) is 0 Å². The minimum absolute atomic E-state index is 0.0301. The fourth-order valence-electron chi connectivity index (χ4n) is 2.57. The zero-order chi connectivity index (χ0) is 15.1. The SMILES string of the molecule is Cc1ccc(OCCCCCCCCC2CC2)c(F)c1F. The molecule has 1 fully saturated rings. The van der Waals surface area contributed by atoms with Crippen LogP contribution >= 0.6 is 0 Å². The van der Waals surface area contributed by atoms with Crippen LogP contribution in [0.5, 0.6) is 5.75 Å². The number of unbranched alkanes of at least 4 members (excludes halogenated alkanes) is 5. The van der Waals surface area contributed by atoms with Crippen LogP contribution in [0.2, 0.25) is 0 Å². The first-order valence-corrected chi connectivity index (χ1v) is 8.26. The predicted molar refractivity (Wildman–Crippen MR) is 81.6 cm³/mol. The second-order valence-electron chi connectivity index (χ2n) is 6.21. The lowest BCUT2D eigenvalue weighted by molar-refractivity contribution is 0.284. The number of aryl methyl sites for hydroxylation is 1. The number of hydrogen-bond donors (Lipinski definition) is 0. The molecule has 118 valence electrons. The molecular weight excluding hydrogens is 270 g/mol. The highest BCUT2D eigenvalue weighted by atomic mass is 19.2. The molecule has 1 nitrogen and oxygen atoms in total. The highest BCUT2D eigenvalue weighted by Crippen LogP contribution is 2.34. The summed E-state index contributed by atoms with van der Waals surface area (Å²) in [6, 6.07) is 3.05. The van der Waals surface area contributed by atoms with E-state index in [-0.39, 0.29) is 5.75 Å². The van der Waals surface area contributed by atoms with Crippen molar-refractivity contribution in [2.75, 3.05) is 6.61 Å². The monoisotopic (exact) mass is 296 g/mol. The van der Waals surface area contributed by atoms with Gasteiger partial charge in [0.1, 0.15) is 0 Å². The molecule has 21 heavy (non-hydrogen) atoms. The van der Waals surface area contributed by atoms with Crippen molar-refractivity contribution in [3.05, 3.63) is 29.3 Å². The third-order valence-corrected chi connectivity index (χ3v) is 4.20. The number of ether oxygens (including phenoxy) is 1. The van der Waals surface area contributed by atoms with Crippen molar-refractivity contribution in [3.63, 3.8) is 0 Å². The lowest BCUT2D eigenvalue weighted by atomic mass is 10.1. The fraction of sp³-hybridized carbons (Fsp3) is 0.667. The van der Waals surface area contributed by atoms with E-state index < -0.39 is 11.6 Å². The summed E-state index contributed by atoms with van der Waals surface area (Å²) in [5, 5.41) is 0. The van der Waals surface area contributed by atoms with Crippen LogP contribution in [0.25, 0.3) is 0 Å². The van der Waals surface area contributed by atoms with Gasteiger partial charge in [0.2, 0.25) is 5.82 Å². The largest absolute Gasteiger partial charge is 0.490 e. The Labute approximate surface area is 126 Å². The van der Waals surface area contributed by atoms with Crippen LogP contribution in [0.3, 0.4) is 0 Å².